The third kappa shape index (κ3) is 5.21. The van der Waals surface area contributed by atoms with E-state index in [0.717, 1.165) is 5.56 Å². The average molecular weight is 254 g/mol. The Bertz CT molecular complexity index is 404. The first-order chi connectivity index (χ1) is 8.63. The van der Waals surface area contributed by atoms with E-state index in [1.165, 1.54) is 0 Å². The Kier molecular flexibility index (Phi) is 6.26. The molecule has 98 valence electrons. The van der Waals surface area contributed by atoms with Gasteiger partial charge >= 0.3 is 0 Å². The molecule has 1 rings (SSSR count). The molecule has 0 aliphatic heterocycles. The Morgan fingerprint density at radius 2 is 2.22 bits per heavy atom. The van der Waals surface area contributed by atoms with Crippen LogP contribution in [0.2, 0.25) is 0 Å². The standard InChI is InChI=1S/C13H16F2N2O/c1-10(17-5-6-18-9-13(14)15)12-4-2-3-11(7-12)8-16/h2-4,7,10,13,17H,5-6,9H2,1H3. The number of nitrogens with one attached hydrogen (secondary N) is 1. The third-order valence-electron chi connectivity index (χ3n) is 2.46. The van der Waals surface area contributed by atoms with Gasteiger partial charge in [-0.05, 0) is 24.6 Å². The summed E-state index contributed by atoms with van der Waals surface area (Å²) >= 11 is 0. The van der Waals surface area contributed by atoms with Gasteiger partial charge in [-0.1, -0.05) is 12.1 Å². The van der Waals surface area contributed by atoms with Gasteiger partial charge in [0.15, 0.2) is 0 Å². The van der Waals surface area contributed by atoms with Crippen molar-refractivity contribution in [3.8, 4) is 6.07 Å². The lowest BCUT2D eigenvalue weighted by Gasteiger charge is -2.14. The minimum absolute atomic E-state index is 0.0495. The van der Waals surface area contributed by atoms with Crippen LogP contribution in [0.5, 0.6) is 0 Å². The molecule has 0 amide bonds. The van der Waals surface area contributed by atoms with Gasteiger partial charge < -0.3 is 10.1 Å². The highest BCUT2D eigenvalue weighted by atomic mass is 19.3. The smallest absolute Gasteiger partial charge is 0.261 e. The van der Waals surface area contributed by atoms with E-state index in [2.05, 4.69) is 11.4 Å². The van der Waals surface area contributed by atoms with Crippen LogP contribution in [0.25, 0.3) is 0 Å². The molecule has 1 unspecified atom stereocenters. The Morgan fingerprint density at radius 1 is 1.44 bits per heavy atom. The molecule has 0 saturated heterocycles. The van der Waals surface area contributed by atoms with Crippen LogP contribution in [-0.2, 0) is 4.74 Å². The normalized spacial score (nSPS) is 12.4. The summed E-state index contributed by atoms with van der Waals surface area (Å²) in [6, 6.07) is 9.40. The second-order valence-electron chi connectivity index (χ2n) is 3.88. The van der Waals surface area contributed by atoms with Crippen LogP contribution in [0.4, 0.5) is 8.78 Å². The number of nitrogens with zero attached hydrogens (tertiary/aromatic N) is 1. The highest BCUT2D eigenvalue weighted by Gasteiger charge is 2.06. The van der Waals surface area contributed by atoms with Crippen molar-refractivity contribution in [1.29, 1.82) is 5.26 Å². The first kappa shape index (κ1) is 14.6. The van der Waals surface area contributed by atoms with Gasteiger partial charge in [-0.15, -0.1) is 0 Å². The van der Waals surface area contributed by atoms with Crippen molar-refractivity contribution in [1.82, 2.24) is 5.32 Å². The van der Waals surface area contributed by atoms with Gasteiger partial charge in [-0.3, -0.25) is 0 Å². The highest BCUT2D eigenvalue weighted by molar-refractivity contribution is 5.33. The van der Waals surface area contributed by atoms with E-state index in [4.69, 9.17) is 10.00 Å². The maximum atomic E-state index is 11.8. The van der Waals surface area contributed by atoms with Crippen molar-refractivity contribution >= 4 is 0 Å². The molecular weight excluding hydrogens is 238 g/mol. The number of halogens is 2. The third-order valence-corrected chi connectivity index (χ3v) is 2.46. The summed E-state index contributed by atoms with van der Waals surface area (Å²) in [5.74, 6) is 0. The van der Waals surface area contributed by atoms with Crippen molar-refractivity contribution in [2.24, 2.45) is 0 Å². The number of nitriles is 1. The predicted octanol–water partition coefficient (Wildman–Crippen LogP) is 2.49. The Morgan fingerprint density at radius 3 is 2.89 bits per heavy atom. The number of hydrogen-bond donors (Lipinski definition) is 1. The largest absolute Gasteiger partial charge is 0.374 e. The maximum absolute atomic E-state index is 11.8. The van der Waals surface area contributed by atoms with Crippen LogP contribution < -0.4 is 5.32 Å². The minimum Gasteiger partial charge on any atom is -0.374 e. The summed E-state index contributed by atoms with van der Waals surface area (Å²) in [6.07, 6.45) is -2.42. The number of hydrogen-bond acceptors (Lipinski definition) is 3. The molecule has 1 aromatic carbocycles. The van der Waals surface area contributed by atoms with E-state index < -0.39 is 13.0 Å². The van der Waals surface area contributed by atoms with Gasteiger partial charge in [0.05, 0.1) is 18.2 Å². The zero-order valence-electron chi connectivity index (χ0n) is 10.2. The molecule has 0 aliphatic carbocycles. The molecule has 0 radical (unpaired) electrons. The monoisotopic (exact) mass is 254 g/mol. The summed E-state index contributed by atoms with van der Waals surface area (Å²) in [5.41, 5.74) is 1.60. The molecule has 0 aliphatic rings. The summed E-state index contributed by atoms with van der Waals surface area (Å²) in [6.45, 7) is 2.15. The van der Waals surface area contributed by atoms with Crippen LogP contribution in [0.1, 0.15) is 24.1 Å². The van der Waals surface area contributed by atoms with E-state index in [1.807, 2.05) is 19.1 Å². The average Bonchev–Trinajstić information content (AvgIpc) is 2.37. The summed E-state index contributed by atoms with van der Waals surface area (Å²) in [7, 11) is 0. The summed E-state index contributed by atoms with van der Waals surface area (Å²) in [4.78, 5) is 0. The van der Waals surface area contributed by atoms with Crippen molar-refractivity contribution in [3.63, 3.8) is 0 Å². The van der Waals surface area contributed by atoms with Crippen LogP contribution >= 0.6 is 0 Å². The van der Waals surface area contributed by atoms with Crippen molar-refractivity contribution in [2.75, 3.05) is 19.8 Å². The first-order valence-electron chi connectivity index (χ1n) is 5.73. The Labute approximate surface area is 105 Å². The lowest BCUT2D eigenvalue weighted by molar-refractivity contribution is 0.0183. The van der Waals surface area contributed by atoms with Crippen molar-refractivity contribution in [2.45, 2.75) is 19.4 Å². The molecule has 0 bridgehead atoms. The quantitative estimate of drug-likeness (QED) is 0.760. The lowest BCUT2D eigenvalue weighted by Crippen LogP contribution is -2.24. The molecule has 1 atom stereocenters. The van der Waals surface area contributed by atoms with Gasteiger partial charge in [0.1, 0.15) is 6.61 Å². The molecule has 0 aromatic heterocycles. The van der Waals surface area contributed by atoms with Crippen molar-refractivity contribution in [3.05, 3.63) is 35.4 Å². The lowest BCUT2D eigenvalue weighted by atomic mass is 10.1. The molecule has 18 heavy (non-hydrogen) atoms. The molecule has 1 N–H and O–H groups in total. The fourth-order valence-electron chi connectivity index (χ4n) is 1.52. The maximum Gasteiger partial charge on any atom is 0.261 e. The van der Waals surface area contributed by atoms with Crippen LogP contribution in [0.3, 0.4) is 0 Å². The van der Waals surface area contributed by atoms with E-state index >= 15 is 0 Å². The molecule has 3 nitrogen and oxygen atoms in total. The van der Waals surface area contributed by atoms with E-state index in [9.17, 15) is 8.78 Å². The van der Waals surface area contributed by atoms with Gasteiger partial charge in [-0.2, -0.15) is 5.26 Å². The second-order valence-corrected chi connectivity index (χ2v) is 3.88. The Hall–Kier alpha value is -1.51. The van der Waals surface area contributed by atoms with E-state index in [1.54, 1.807) is 12.1 Å². The van der Waals surface area contributed by atoms with E-state index in [0.29, 0.717) is 12.1 Å². The van der Waals surface area contributed by atoms with Gasteiger partial charge in [-0.25, -0.2) is 8.78 Å². The van der Waals surface area contributed by atoms with Crippen molar-refractivity contribution < 1.29 is 13.5 Å². The molecule has 0 saturated carbocycles. The van der Waals surface area contributed by atoms with Crippen LogP contribution in [0.15, 0.2) is 24.3 Å². The molecule has 5 heteroatoms. The number of ether oxygens (including phenoxy) is 1. The zero-order chi connectivity index (χ0) is 13.4. The fourth-order valence-corrected chi connectivity index (χ4v) is 1.52. The van der Waals surface area contributed by atoms with Gasteiger partial charge in [0.2, 0.25) is 0 Å². The minimum atomic E-state index is -2.42. The predicted molar refractivity (Wildman–Crippen MR) is 64.4 cm³/mol. The summed E-state index contributed by atoms with van der Waals surface area (Å²) in [5, 5.41) is 11.9. The molecule has 1 aromatic rings. The SMILES string of the molecule is CC(NCCOCC(F)F)c1cccc(C#N)c1. The van der Waals surface area contributed by atoms with Crippen LogP contribution in [0, 0.1) is 11.3 Å². The topological polar surface area (TPSA) is 45.0 Å². The zero-order valence-corrected chi connectivity index (χ0v) is 10.2. The van der Waals surface area contributed by atoms with Crippen LogP contribution in [-0.4, -0.2) is 26.2 Å². The second kappa shape index (κ2) is 7.75. The number of rotatable bonds is 7. The number of benzene rings is 1. The first-order valence-corrected chi connectivity index (χ1v) is 5.73. The fraction of sp³-hybridized carbons (Fsp3) is 0.462. The van der Waals surface area contributed by atoms with Gasteiger partial charge in [0.25, 0.3) is 6.43 Å². The van der Waals surface area contributed by atoms with E-state index in [-0.39, 0.29) is 12.6 Å². The molecule has 0 fully saturated rings. The molecular formula is C13H16F2N2O. The van der Waals surface area contributed by atoms with Gasteiger partial charge in [0, 0.05) is 12.6 Å². The molecule has 0 heterocycles. The summed E-state index contributed by atoms with van der Waals surface area (Å²) < 4.78 is 28.3. The highest BCUT2D eigenvalue weighted by Crippen LogP contribution is 2.13. The molecule has 0 spiro atoms. The number of alkyl halides is 2. The Balaban J connectivity index is 2.32.